The van der Waals surface area contributed by atoms with Crippen molar-refractivity contribution in [2.45, 2.75) is 0 Å². The van der Waals surface area contributed by atoms with Crippen LogP contribution in [0.5, 0.6) is 11.5 Å². The monoisotopic (exact) mass is 479 g/mol. The first-order valence-electron chi connectivity index (χ1n) is 9.30. The molecule has 4 rings (SSSR count). The second kappa shape index (κ2) is 9.01. The summed E-state index contributed by atoms with van der Waals surface area (Å²) in [6.07, 6.45) is 1.60. The maximum atomic E-state index is 13.1. The van der Waals surface area contributed by atoms with E-state index in [1.165, 1.54) is 0 Å². The zero-order valence-corrected chi connectivity index (χ0v) is 18.3. The van der Waals surface area contributed by atoms with E-state index in [1.807, 2.05) is 18.2 Å². The number of carbonyl (C=O) groups excluding carboxylic acids is 1. The zero-order valence-electron chi connectivity index (χ0n) is 16.8. The predicted octanol–water partition coefficient (Wildman–Crippen LogP) is 5.09. The van der Waals surface area contributed by atoms with Gasteiger partial charge in [-0.1, -0.05) is 22.0 Å². The first-order valence-corrected chi connectivity index (χ1v) is 10.1. The molecule has 1 amide bonds. The minimum absolute atomic E-state index is 0.134. The third kappa shape index (κ3) is 4.59. The van der Waals surface area contributed by atoms with E-state index >= 15 is 0 Å². The molecule has 2 aromatic carbocycles. The molecule has 0 atom stereocenters. The number of fused-ring (bicyclic) bond motifs is 1. The lowest BCUT2D eigenvalue weighted by atomic mass is 10.1. The maximum absolute atomic E-state index is 13.1. The Labute approximate surface area is 186 Å². The van der Waals surface area contributed by atoms with Gasteiger partial charge in [-0.15, -0.1) is 0 Å². The SMILES string of the molecule is COc1ccc(OC)c(N=c2oc3ccc(Br)cc3cc2C(=O)Nc2ccccn2)c1. The minimum atomic E-state index is -0.398. The highest BCUT2D eigenvalue weighted by atomic mass is 79.9. The molecule has 0 aliphatic rings. The van der Waals surface area contributed by atoms with Gasteiger partial charge >= 0.3 is 0 Å². The lowest BCUT2D eigenvalue weighted by molar-refractivity contribution is 0.102. The molecule has 2 heterocycles. The summed E-state index contributed by atoms with van der Waals surface area (Å²) < 4.78 is 17.6. The molecule has 8 heteroatoms. The molecule has 0 saturated carbocycles. The van der Waals surface area contributed by atoms with E-state index in [9.17, 15) is 4.79 Å². The van der Waals surface area contributed by atoms with Gasteiger partial charge in [0, 0.05) is 22.1 Å². The number of ether oxygens (including phenoxy) is 2. The van der Waals surface area contributed by atoms with Gasteiger partial charge in [-0.25, -0.2) is 9.98 Å². The Balaban J connectivity index is 1.91. The molecule has 0 spiro atoms. The van der Waals surface area contributed by atoms with E-state index in [0.29, 0.717) is 28.6 Å². The number of halogens is 1. The summed E-state index contributed by atoms with van der Waals surface area (Å²) >= 11 is 3.45. The standard InChI is InChI=1S/C23H18BrN3O4/c1-29-16-7-9-20(30-2)18(13-16)26-23-17(22(28)27-21-5-3-4-10-25-21)12-14-11-15(24)6-8-19(14)31-23/h3-13H,1-2H3,(H,25,27,28). The molecule has 0 saturated heterocycles. The number of pyridine rings is 1. The van der Waals surface area contributed by atoms with Crippen molar-refractivity contribution in [1.29, 1.82) is 0 Å². The van der Waals surface area contributed by atoms with Gasteiger partial charge in [0.05, 0.1) is 14.2 Å². The van der Waals surface area contributed by atoms with E-state index < -0.39 is 5.91 Å². The van der Waals surface area contributed by atoms with Crippen molar-refractivity contribution < 1.29 is 18.7 Å². The second-order valence-corrected chi connectivity index (χ2v) is 7.38. The molecule has 0 aliphatic carbocycles. The fraction of sp³-hybridized carbons (Fsp3) is 0.0870. The molecule has 0 bridgehead atoms. The van der Waals surface area contributed by atoms with E-state index in [2.05, 4.69) is 31.2 Å². The molecular weight excluding hydrogens is 462 g/mol. The normalized spacial score (nSPS) is 11.4. The summed E-state index contributed by atoms with van der Waals surface area (Å²) in [5.74, 6) is 1.14. The molecule has 0 fully saturated rings. The van der Waals surface area contributed by atoms with E-state index in [4.69, 9.17) is 13.9 Å². The van der Waals surface area contributed by atoms with Crippen LogP contribution in [-0.4, -0.2) is 25.1 Å². The summed E-state index contributed by atoms with van der Waals surface area (Å²) in [4.78, 5) is 21.8. The van der Waals surface area contributed by atoms with Gasteiger partial charge in [-0.2, -0.15) is 0 Å². The number of nitrogens with one attached hydrogen (secondary N) is 1. The third-order valence-corrected chi connectivity index (χ3v) is 4.96. The van der Waals surface area contributed by atoms with Crippen molar-refractivity contribution in [3.05, 3.63) is 82.5 Å². The Kier molecular flexibility index (Phi) is 5.99. The third-order valence-electron chi connectivity index (χ3n) is 4.47. The molecule has 0 aliphatic heterocycles. The van der Waals surface area contributed by atoms with Crippen molar-refractivity contribution in [2.24, 2.45) is 4.99 Å². The van der Waals surface area contributed by atoms with Crippen LogP contribution >= 0.6 is 15.9 Å². The molecule has 156 valence electrons. The number of benzene rings is 2. The van der Waals surface area contributed by atoms with Crippen LogP contribution in [0.15, 0.2) is 80.7 Å². The number of nitrogens with zero attached hydrogens (tertiary/aromatic N) is 2. The summed E-state index contributed by atoms with van der Waals surface area (Å²) in [6.45, 7) is 0. The van der Waals surface area contributed by atoms with Crippen molar-refractivity contribution >= 4 is 44.3 Å². The molecule has 2 aromatic heterocycles. The van der Waals surface area contributed by atoms with Crippen LogP contribution in [0.25, 0.3) is 11.0 Å². The van der Waals surface area contributed by atoms with Gasteiger partial charge < -0.3 is 19.2 Å². The van der Waals surface area contributed by atoms with Gasteiger partial charge in [0.2, 0.25) is 5.55 Å². The Morgan fingerprint density at radius 2 is 1.94 bits per heavy atom. The first-order chi connectivity index (χ1) is 15.1. The van der Waals surface area contributed by atoms with Crippen molar-refractivity contribution in [2.75, 3.05) is 19.5 Å². The molecule has 7 nitrogen and oxygen atoms in total. The van der Waals surface area contributed by atoms with Crippen LogP contribution in [0.3, 0.4) is 0 Å². The van der Waals surface area contributed by atoms with Gasteiger partial charge in [0.25, 0.3) is 5.91 Å². The number of amides is 1. The van der Waals surface area contributed by atoms with Crippen LogP contribution < -0.4 is 20.3 Å². The average Bonchev–Trinajstić information content (AvgIpc) is 2.79. The highest BCUT2D eigenvalue weighted by molar-refractivity contribution is 9.10. The Morgan fingerprint density at radius 1 is 1.06 bits per heavy atom. The van der Waals surface area contributed by atoms with Gasteiger partial charge in [-0.05, 0) is 48.5 Å². The predicted molar refractivity (Wildman–Crippen MR) is 121 cm³/mol. The molecular formula is C23H18BrN3O4. The Bertz CT molecular complexity index is 1320. The molecule has 1 N–H and O–H groups in total. The molecule has 0 radical (unpaired) electrons. The largest absolute Gasteiger partial charge is 0.497 e. The van der Waals surface area contributed by atoms with Crippen LogP contribution in [0.4, 0.5) is 11.5 Å². The average molecular weight is 480 g/mol. The lowest BCUT2D eigenvalue weighted by Crippen LogP contribution is -2.22. The van der Waals surface area contributed by atoms with Gasteiger partial charge in [0.15, 0.2) is 0 Å². The molecule has 4 aromatic rings. The summed E-state index contributed by atoms with van der Waals surface area (Å²) in [6, 6.07) is 17.7. The molecule has 31 heavy (non-hydrogen) atoms. The van der Waals surface area contributed by atoms with E-state index in [-0.39, 0.29) is 11.1 Å². The fourth-order valence-corrected chi connectivity index (χ4v) is 3.34. The van der Waals surface area contributed by atoms with E-state index in [0.717, 1.165) is 9.86 Å². The summed E-state index contributed by atoms with van der Waals surface area (Å²) in [5.41, 5.74) is 1.43. The van der Waals surface area contributed by atoms with E-state index in [1.54, 1.807) is 62.9 Å². The quantitative estimate of drug-likeness (QED) is 0.430. The molecule has 0 unspecified atom stereocenters. The number of carbonyl (C=O) groups is 1. The first kappa shape index (κ1) is 20.6. The maximum Gasteiger partial charge on any atom is 0.262 e. The van der Waals surface area contributed by atoms with Crippen molar-refractivity contribution in [3.8, 4) is 11.5 Å². The number of methoxy groups -OCH3 is 2. The lowest BCUT2D eigenvalue weighted by Gasteiger charge is -2.09. The van der Waals surface area contributed by atoms with Crippen LogP contribution in [0.2, 0.25) is 0 Å². The number of anilines is 1. The topological polar surface area (TPSA) is 86.0 Å². The van der Waals surface area contributed by atoms with Crippen molar-refractivity contribution in [3.63, 3.8) is 0 Å². The Hall–Kier alpha value is -3.65. The van der Waals surface area contributed by atoms with Crippen LogP contribution in [0, 0.1) is 0 Å². The van der Waals surface area contributed by atoms with Crippen LogP contribution in [0.1, 0.15) is 10.4 Å². The fourth-order valence-electron chi connectivity index (χ4n) is 2.96. The Morgan fingerprint density at radius 3 is 2.68 bits per heavy atom. The highest BCUT2D eigenvalue weighted by Crippen LogP contribution is 2.31. The van der Waals surface area contributed by atoms with Crippen LogP contribution in [-0.2, 0) is 0 Å². The smallest absolute Gasteiger partial charge is 0.262 e. The number of aromatic nitrogens is 1. The number of rotatable bonds is 5. The second-order valence-electron chi connectivity index (χ2n) is 6.47. The number of hydrogen-bond donors (Lipinski definition) is 1. The summed E-state index contributed by atoms with van der Waals surface area (Å²) in [7, 11) is 3.11. The van der Waals surface area contributed by atoms with Gasteiger partial charge in [-0.3, -0.25) is 4.79 Å². The highest BCUT2D eigenvalue weighted by Gasteiger charge is 2.15. The van der Waals surface area contributed by atoms with Crippen molar-refractivity contribution in [1.82, 2.24) is 4.98 Å². The summed E-state index contributed by atoms with van der Waals surface area (Å²) in [5, 5.41) is 3.52. The van der Waals surface area contributed by atoms with Gasteiger partial charge in [0.1, 0.15) is 34.2 Å². The number of hydrogen-bond acceptors (Lipinski definition) is 6. The zero-order chi connectivity index (χ0) is 21.8. The minimum Gasteiger partial charge on any atom is -0.497 e.